The quantitative estimate of drug-likeness (QED) is 0.730. The largest absolute Gasteiger partial charge is 0.340 e. The number of hydrogen-bond donors (Lipinski definition) is 1. The van der Waals surface area contributed by atoms with Crippen molar-refractivity contribution in [2.24, 2.45) is 11.7 Å². The lowest BCUT2D eigenvalue weighted by Gasteiger charge is -2.23. The molecule has 0 radical (unpaired) electrons. The highest BCUT2D eigenvalue weighted by Gasteiger charge is 2.23. The molecule has 0 aliphatic heterocycles. The maximum absolute atomic E-state index is 12.6. The van der Waals surface area contributed by atoms with Crippen LogP contribution in [0.15, 0.2) is 66.9 Å². The van der Waals surface area contributed by atoms with Gasteiger partial charge < -0.3 is 10.6 Å². The van der Waals surface area contributed by atoms with Gasteiger partial charge in [0.1, 0.15) is 0 Å². The summed E-state index contributed by atoms with van der Waals surface area (Å²) in [6.45, 7) is 4.37. The van der Waals surface area contributed by atoms with Crippen LogP contribution < -0.4 is 5.73 Å². The van der Waals surface area contributed by atoms with E-state index >= 15 is 0 Å². The molecular formula is C22H26N4O. The van der Waals surface area contributed by atoms with Crippen LogP contribution in [-0.4, -0.2) is 33.7 Å². The molecule has 0 bridgehead atoms. The first-order valence-corrected chi connectivity index (χ1v) is 9.17. The fraction of sp³-hybridized carbons (Fsp3) is 0.273. The number of nitrogens with two attached hydrogens (primary N) is 1. The third-order valence-electron chi connectivity index (χ3n) is 4.65. The second-order valence-corrected chi connectivity index (χ2v) is 7.11. The minimum Gasteiger partial charge on any atom is -0.340 e. The molecule has 3 aromatic rings. The SMILES string of the molecule is CC(C)[C@H](N)C(=O)N(C)Cc1cn(-c2ccccc2)nc1-c1ccccc1. The lowest BCUT2D eigenvalue weighted by atomic mass is 10.0. The second kappa shape index (κ2) is 8.18. The summed E-state index contributed by atoms with van der Waals surface area (Å²) in [6.07, 6.45) is 1.99. The normalized spacial score (nSPS) is 12.2. The van der Waals surface area contributed by atoms with Gasteiger partial charge in [-0.3, -0.25) is 4.79 Å². The van der Waals surface area contributed by atoms with Crippen LogP contribution >= 0.6 is 0 Å². The van der Waals surface area contributed by atoms with Gasteiger partial charge in [0.2, 0.25) is 5.91 Å². The van der Waals surface area contributed by atoms with E-state index in [0.717, 1.165) is 22.5 Å². The van der Waals surface area contributed by atoms with Gasteiger partial charge >= 0.3 is 0 Å². The third-order valence-corrected chi connectivity index (χ3v) is 4.65. The van der Waals surface area contributed by atoms with Crippen molar-refractivity contribution in [2.45, 2.75) is 26.4 Å². The summed E-state index contributed by atoms with van der Waals surface area (Å²) < 4.78 is 1.86. The van der Waals surface area contributed by atoms with Crippen LogP contribution in [0.4, 0.5) is 0 Å². The zero-order valence-electron chi connectivity index (χ0n) is 16.0. The van der Waals surface area contributed by atoms with Crippen molar-refractivity contribution in [1.29, 1.82) is 0 Å². The lowest BCUT2D eigenvalue weighted by molar-refractivity contribution is -0.132. The zero-order valence-corrected chi connectivity index (χ0v) is 16.0. The summed E-state index contributed by atoms with van der Waals surface area (Å²) in [7, 11) is 1.79. The fourth-order valence-electron chi connectivity index (χ4n) is 2.95. The highest BCUT2D eigenvalue weighted by atomic mass is 16.2. The number of likely N-dealkylation sites (N-methyl/N-ethyl adjacent to an activating group) is 1. The topological polar surface area (TPSA) is 64.2 Å². The van der Waals surface area contributed by atoms with Gasteiger partial charge in [-0.05, 0) is 18.1 Å². The fourth-order valence-corrected chi connectivity index (χ4v) is 2.95. The molecule has 1 heterocycles. The van der Waals surface area contributed by atoms with E-state index in [9.17, 15) is 4.79 Å². The zero-order chi connectivity index (χ0) is 19.4. The molecule has 2 aromatic carbocycles. The van der Waals surface area contributed by atoms with Crippen LogP contribution in [0.5, 0.6) is 0 Å². The summed E-state index contributed by atoms with van der Waals surface area (Å²) in [5.41, 5.74) is 9.91. The predicted octanol–water partition coefficient (Wildman–Crippen LogP) is 3.48. The van der Waals surface area contributed by atoms with Gasteiger partial charge in [-0.25, -0.2) is 4.68 Å². The Bertz CT molecular complexity index is 887. The Morgan fingerprint density at radius 3 is 2.26 bits per heavy atom. The van der Waals surface area contributed by atoms with E-state index < -0.39 is 6.04 Å². The summed E-state index contributed by atoms with van der Waals surface area (Å²) in [6, 6.07) is 19.5. The summed E-state index contributed by atoms with van der Waals surface area (Å²) in [5, 5.41) is 4.79. The highest BCUT2D eigenvalue weighted by molar-refractivity contribution is 5.81. The van der Waals surface area contributed by atoms with Gasteiger partial charge in [0.05, 0.1) is 17.4 Å². The first kappa shape index (κ1) is 18.9. The van der Waals surface area contributed by atoms with Gasteiger partial charge in [-0.15, -0.1) is 0 Å². The van der Waals surface area contributed by atoms with Crippen molar-refractivity contribution < 1.29 is 4.79 Å². The van der Waals surface area contributed by atoms with E-state index in [4.69, 9.17) is 10.8 Å². The van der Waals surface area contributed by atoms with E-state index in [1.54, 1.807) is 11.9 Å². The minimum atomic E-state index is -0.501. The number of aromatic nitrogens is 2. The summed E-state index contributed by atoms with van der Waals surface area (Å²) in [4.78, 5) is 14.3. The van der Waals surface area contributed by atoms with Crippen LogP contribution in [0, 0.1) is 5.92 Å². The van der Waals surface area contributed by atoms with Gasteiger partial charge in [0.25, 0.3) is 0 Å². The van der Waals surface area contributed by atoms with Crippen LogP contribution in [0.3, 0.4) is 0 Å². The maximum Gasteiger partial charge on any atom is 0.239 e. The third kappa shape index (κ3) is 4.26. The van der Waals surface area contributed by atoms with Gasteiger partial charge in [0.15, 0.2) is 0 Å². The van der Waals surface area contributed by atoms with Gasteiger partial charge in [0, 0.05) is 30.9 Å². The van der Waals surface area contributed by atoms with Crippen molar-refractivity contribution in [3.05, 3.63) is 72.4 Å². The Morgan fingerprint density at radius 1 is 1.07 bits per heavy atom. The molecule has 0 aliphatic rings. The predicted molar refractivity (Wildman–Crippen MR) is 108 cm³/mol. The molecule has 0 unspecified atom stereocenters. The Labute approximate surface area is 160 Å². The summed E-state index contributed by atoms with van der Waals surface area (Å²) in [5.74, 6) is 0.0389. The molecule has 0 aliphatic carbocycles. The minimum absolute atomic E-state index is 0.0588. The number of para-hydroxylation sites is 1. The van der Waals surface area contributed by atoms with E-state index in [1.165, 1.54) is 0 Å². The number of hydrogen-bond acceptors (Lipinski definition) is 3. The Kier molecular flexibility index (Phi) is 5.72. The molecule has 3 rings (SSSR count). The number of nitrogens with zero attached hydrogens (tertiary/aromatic N) is 3. The standard InChI is InChI=1S/C22H26N4O/c1-16(2)20(23)22(27)25(3)14-18-15-26(19-12-8-5-9-13-19)24-21(18)17-10-6-4-7-11-17/h4-13,15-16,20H,14,23H2,1-3H3/t20-/m0/s1. The molecule has 0 fully saturated rings. The number of rotatable bonds is 6. The molecule has 1 amide bonds. The first-order valence-electron chi connectivity index (χ1n) is 9.17. The van der Waals surface area contributed by atoms with E-state index in [-0.39, 0.29) is 11.8 Å². The van der Waals surface area contributed by atoms with E-state index in [2.05, 4.69) is 0 Å². The average Bonchev–Trinajstić information content (AvgIpc) is 3.11. The number of carbonyl (C=O) groups excluding carboxylic acids is 1. The van der Waals surface area contributed by atoms with Crippen molar-refractivity contribution in [3.63, 3.8) is 0 Å². The molecule has 0 saturated heterocycles. The summed E-state index contributed by atoms with van der Waals surface area (Å²) >= 11 is 0. The van der Waals surface area contributed by atoms with Crippen molar-refractivity contribution >= 4 is 5.91 Å². The molecule has 5 nitrogen and oxygen atoms in total. The van der Waals surface area contributed by atoms with Crippen molar-refractivity contribution in [2.75, 3.05) is 7.05 Å². The molecule has 140 valence electrons. The monoisotopic (exact) mass is 362 g/mol. The van der Waals surface area contributed by atoms with Crippen molar-refractivity contribution in [3.8, 4) is 16.9 Å². The molecular weight excluding hydrogens is 336 g/mol. The lowest BCUT2D eigenvalue weighted by Crippen LogP contribution is -2.44. The molecule has 0 saturated carbocycles. The van der Waals surface area contributed by atoms with E-state index in [1.807, 2.05) is 85.4 Å². The Balaban J connectivity index is 1.96. The number of carbonyl (C=O) groups is 1. The van der Waals surface area contributed by atoms with Crippen LogP contribution in [0.1, 0.15) is 19.4 Å². The van der Waals surface area contributed by atoms with Crippen LogP contribution in [0.25, 0.3) is 16.9 Å². The molecule has 5 heteroatoms. The molecule has 27 heavy (non-hydrogen) atoms. The van der Waals surface area contributed by atoms with Gasteiger partial charge in [-0.2, -0.15) is 5.10 Å². The Morgan fingerprint density at radius 2 is 1.67 bits per heavy atom. The molecule has 1 aromatic heterocycles. The molecule has 1 atom stereocenters. The number of amides is 1. The first-order chi connectivity index (χ1) is 13.0. The smallest absolute Gasteiger partial charge is 0.239 e. The van der Waals surface area contributed by atoms with Gasteiger partial charge in [-0.1, -0.05) is 62.4 Å². The van der Waals surface area contributed by atoms with E-state index in [0.29, 0.717) is 6.54 Å². The average molecular weight is 362 g/mol. The van der Waals surface area contributed by atoms with Crippen molar-refractivity contribution in [1.82, 2.24) is 14.7 Å². The maximum atomic E-state index is 12.6. The Hall–Kier alpha value is -2.92. The highest BCUT2D eigenvalue weighted by Crippen LogP contribution is 2.25. The number of benzene rings is 2. The van der Waals surface area contributed by atoms with Crippen LogP contribution in [-0.2, 0) is 11.3 Å². The molecule has 2 N–H and O–H groups in total. The molecule has 0 spiro atoms. The second-order valence-electron chi connectivity index (χ2n) is 7.11. The van der Waals surface area contributed by atoms with Crippen LogP contribution in [0.2, 0.25) is 0 Å².